The Balaban J connectivity index is 2.62. The van der Waals surface area contributed by atoms with Crippen LogP contribution in [0.25, 0.3) is 0 Å². The maximum atomic E-state index is 12.2. The second kappa shape index (κ2) is 6.89. The second-order valence-electron chi connectivity index (χ2n) is 6.08. The van der Waals surface area contributed by atoms with Gasteiger partial charge >= 0.3 is 6.03 Å². The van der Waals surface area contributed by atoms with Gasteiger partial charge in [0.05, 0.1) is 12.6 Å². The van der Waals surface area contributed by atoms with Crippen molar-refractivity contribution in [3.63, 3.8) is 0 Å². The highest BCUT2D eigenvalue weighted by atomic mass is 16.3. The van der Waals surface area contributed by atoms with Gasteiger partial charge in [0.15, 0.2) is 0 Å². The highest BCUT2D eigenvalue weighted by molar-refractivity contribution is 6.08. The summed E-state index contributed by atoms with van der Waals surface area (Å²) in [6, 6.07) is -0.917. The van der Waals surface area contributed by atoms with Crippen LogP contribution in [-0.2, 0) is 9.59 Å². The lowest BCUT2D eigenvalue weighted by Gasteiger charge is -2.21. The number of imide groups is 1. The summed E-state index contributed by atoms with van der Waals surface area (Å²) in [7, 11) is 0. The van der Waals surface area contributed by atoms with E-state index < -0.39 is 23.4 Å². The molecule has 7 nitrogen and oxygen atoms in total. The highest BCUT2D eigenvalue weighted by Gasteiger charge is 2.47. The van der Waals surface area contributed by atoms with Crippen LogP contribution in [0.15, 0.2) is 0 Å². The molecule has 1 fully saturated rings. The number of hydrogen-bond acceptors (Lipinski definition) is 4. The molecule has 1 saturated heterocycles. The third kappa shape index (κ3) is 4.17. The van der Waals surface area contributed by atoms with Gasteiger partial charge in [-0.05, 0) is 25.7 Å². The molecule has 1 aliphatic rings. The summed E-state index contributed by atoms with van der Waals surface area (Å²) in [6.07, 6.45) is 1.09. The van der Waals surface area contributed by atoms with Crippen LogP contribution in [0, 0.1) is 5.92 Å². The van der Waals surface area contributed by atoms with Crippen LogP contribution in [0.2, 0.25) is 0 Å². The molecular weight excluding hydrogens is 274 g/mol. The van der Waals surface area contributed by atoms with Crippen molar-refractivity contribution in [3.8, 4) is 0 Å². The summed E-state index contributed by atoms with van der Waals surface area (Å²) in [6.45, 7) is 6.91. The predicted octanol–water partition coefficient (Wildman–Crippen LogP) is 0.230. The van der Waals surface area contributed by atoms with Gasteiger partial charge in [-0.3, -0.25) is 14.5 Å². The Bertz CT molecular complexity index is 424. The summed E-state index contributed by atoms with van der Waals surface area (Å²) >= 11 is 0. The Labute approximate surface area is 125 Å². The first kappa shape index (κ1) is 17.4. The molecule has 0 aliphatic carbocycles. The molecule has 4 amide bonds. The van der Waals surface area contributed by atoms with Crippen molar-refractivity contribution in [3.05, 3.63) is 0 Å². The first-order valence-corrected chi connectivity index (χ1v) is 7.27. The Morgan fingerprint density at radius 1 is 1.43 bits per heavy atom. The lowest BCUT2D eigenvalue weighted by Crippen LogP contribution is -2.47. The van der Waals surface area contributed by atoms with Gasteiger partial charge in [0.2, 0.25) is 5.91 Å². The number of nitrogens with one attached hydrogen (secondary N) is 2. The zero-order chi connectivity index (χ0) is 16.2. The quantitative estimate of drug-likeness (QED) is 0.586. The number of carbonyl (C=O) groups excluding carboxylic acids is 3. The minimum Gasteiger partial charge on any atom is -0.394 e. The molecule has 0 aromatic carbocycles. The van der Waals surface area contributed by atoms with Gasteiger partial charge in [-0.25, -0.2) is 4.79 Å². The SMILES string of the molecule is CCC1(C)NC(=O)N(CC(=O)NC(CO)CC(C)C)C1=O. The zero-order valence-electron chi connectivity index (χ0n) is 13.1. The van der Waals surface area contributed by atoms with E-state index in [2.05, 4.69) is 10.6 Å². The number of nitrogens with zero attached hydrogens (tertiary/aromatic N) is 1. The van der Waals surface area contributed by atoms with E-state index in [0.29, 0.717) is 18.8 Å². The molecule has 0 radical (unpaired) electrons. The van der Waals surface area contributed by atoms with Gasteiger partial charge in [-0.2, -0.15) is 0 Å². The van der Waals surface area contributed by atoms with E-state index in [1.165, 1.54) is 0 Å². The fourth-order valence-corrected chi connectivity index (χ4v) is 2.30. The molecule has 1 aliphatic heterocycles. The molecule has 3 N–H and O–H groups in total. The molecule has 0 bridgehead atoms. The number of hydrogen-bond donors (Lipinski definition) is 3. The molecule has 0 saturated carbocycles. The third-order valence-electron chi connectivity index (χ3n) is 3.70. The number of carbonyl (C=O) groups is 3. The number of aliphatic hydroxyl groups is 1. The zero-order valence-corrected chi connectivity index (χ0v) is 13.1. The van der Waals surface area contributed by atoms with Gasteiger partial charge < -0.3 is 15.7 Å². The summed E-state index contributed by atoms with van der Waals surface area (Å²) < 4.78 is 0. The van der Waals surface area contributed by atoms with Crippen LogP contribution in [0.4, 0.5) is 4.79 Å². The summed E-state index contributed by atoms with van der Waals surface area (Å²) in [5.41, 5.74) is -0.939. The smallest absolute Gasteiger partial charge is 0.325 e. The summed E-state index contributed by atoms with van der Waals surface area (Å²) in [4.78, 5) is 36.8. The Morgan fingerprint density at radius 3 is 2.48 bits per heavy atom. The van der Waals surface area contributed by atoms with Crippen molar-refractivity contribution in [1.29, 1.82) is 0 Å². The van der Waals surface area contributed by atoms with Crippen molar-refractivity contribution in [1.82, 2.24) is 15.5 Å². The third-order valence-corrected chi connectivity index (χ3v) is 3.70. The normalized spacial score (nSPS) is 23.4. The average Bonchev–Trinajstić information content (AvgIpc) is 2.61. The molecule has 120 valence electrons. The average molecular weight is 299 g/mol. The maximum Gasteiger partial charge on any atom is 0.325 e. The molecule has 0 spiro atoms. The standard InChI is InChI=1S/C14H25N3O4/c1-5-14(4)12(20)17(13(21)16-14)7-11(19)15-10(8-18)6-9(2)3/h9-10,18H,5-8H2,1-4H3,(H,15,19)(H,16,21). The van der Waals surface area contributed by atoms with Crippen molar-refractivity contribution in [2.24, 2.45) is 5.92 Å². The summed E-state index contributed by atoms with van der Waals surface area (Å²) in [5.74, 6) is -0.518. The highest BCUT2D eigenvalue weighted by Crippen LogP contribution is 2.20. The molecule has 0 aromatic heterocycles. The van der Waals surface area contributed by atoms with E-state index in [1.54, 1.807) is 13.8 Å². The van der Waals surface area contributed by atoms with Crippen molar-refractivity contribution in [2.75, 3.05) is 13.2 Å². The minimum absolute atomic E-state index is 0.170. The van der Waals surface area contributed by atoms with Crippen molar-refractivity contribution in [2.45, 2.75) is 52.1 Å². The first-order chi connectivity index (χ1) is 9.73. The van der Waals surface area contributed by atoms with Crippen LogP contribution >= 0.6 is 0 Å². The van der Waals surface area contributed by atoms with Gasteiger partial charge in [-0.15, -0.1) is 0 Å². The monoisotopic (exact) mass is 299 g/mol. The van der Waals surface area contributed by atoms with E-state index in [9.17, 15) is 19.5 Å². The van der Waals surface area contributed by atoms with Crippen molar-refractivity contribution >= 4 is 17.8 Å². The minimum atomic E-state index is -0.939. The second-order valence-corrected chi connectivity index (χ2v) is 6.08. The van der Waals surface area contributed by atoms with Crippen LogP contribution in [-0.4, -0.2) is 52.6 Å². The molecule has 1 heterocycles. The molecule has 21 heavy (non-hydrogen) atoms. The van der Waals surface area contributed by atoms with Crippen LogP contribution in [0.1, 0.15) is 40.5 Å². The van der Waals surface area contributed by atoms with E-state index in [-0.39, 0.29) is 19.2 Å². The Kier molecular flexibility index (Phi) is 5.71. The topological polar surface area (TPSA) is 98.7 Å². The van der Waals surface area contributed by atoms with Gasteiger partial charge in [0, 0.05) is 0 Å². The van der Waals surface area contributed by atoms with E-state index >= 15 is 0 Å². The molecule has 2 atom stereocenters. The number of urea groups is 1. The fraction of sp³-hybridized carbons (Fsp3) is 0.786. The molecule has 2 unspecified atom stereocenters. The first-order valence-electron chi connectivity index (χ1n) is 7.27. The van der Waals surface area contributed by atoms with Crippen LogP contribution in [0.5, 0.6) is 0 Å². The van der Waals surface area contributed by atoms with E-state index in [4.69, 9.17) is 0 Å². The molecule has 1 rings (SSSR count). The molecule has 7 heteroatoms. The van der Waals surface area contributed by atoms with Crippen LogP contribution < -0.4 is 10.6 Å². The predicted molar refractivity (Wildman–Crippen MR) is 77.4 cm³/mol. The summed E-state index contributed by atoms with van der Waals surface area (Å²) in [5, 5.41) is 14.5. The molecule has 0 aromatic rings. The number of rotatable bonds is 7. The maximum absolute atomic E-state index is 12.2. The van der Waals surface area contributed by atoms with Gasteiger partial charge in [0.25, 0.3) is 5.91 Å². The number of aliphatic hydroxyl groups excluding tert-OH is 1. The van der Waals surface area contributed by atoms with Gasteiger partial charge in [0.1, 0.15) is 12.1 Å². The van der Waals surface area contributed by atoms with Gasteiger partial charge in [-0.1, -0.05) is 20.8 Å². The fourth-order valence-electron chi connectivity index (χ4n) is 2.30. The largest absolute Gasteiger partial charge is 0.394 e. The van der Waals surface area contributed by atoms with Crippen molar-refractivity contribution < 1.29 is 19.5 Å². The Hall–Kier alpha value is -1.63. The van der Waals surface area contributed by atoms with Crippen LogP contribution in [0.3, 0.4) is 0 Å². The van der Waals surface area contributed by atoms with E-state index in [1.807, 2.05) is 13.8 Å². The lowest BCUT2D eigenvalue weighted by atomic mass is 9.99. The number of amides is 4. The lowest BCUT2D eigenvalue weighted by molar-refractivity contribution is -0.135. The molecular formula is C14H25N3O4. The Morgan fingerprint density at radius 2 is 2.05 bits per heavy atom. The van der Waals surface area contributed by atoms with E-state index in [0.717, 1.165) is 4.90 Å².